The Morgan fingerprint density at radius 2 is 1.81 bits per heavy atom. The number of rotatable bonds is 4. The topological polar surface area (TPSA) is 84.3 Å². The van der Waals surface area contributed by atoms with Gasteiger partial charge < -0.3 is 20.0 Å². The Labute approximate surface area is 153 Å². The zero-order chi connectivity index (χ0) is 18.7. The van der Waals surface area contributed by atoms with Crippen molar-refractivity contribution in [1.29, 1.82) is 0 Å². The van der Waals surface area contributed by atoms with Gasteiger partial charge in [0, 0.05) is 45.8 Å². The molecule has 2 aliphatic heterocycles. The summed E-state index contributed by atoms with van der Waals surface area (Å²) in [5.74, 6) is -1.40. The second-order valence-electron chi connectivity index (χ2n) is 7.46. The molecule has 2 N–H and O–H groups in total. The first-order valence-corrected chi connectivity index (χ1v) is 9.13. The molecule has 2 saturated heterocycles. The van der Waals surface area contributed by atoms with E-state index in [-0.39, 0.29) is 17.6 Å². The first-order chi connectivity index (χ1) is 12.4. The van der Waals surface area contributed by atoms with E-state index in [0.717, 1.165) is 18.7 Å². The number of likely N-dealkylation sites (N-methyl/N-ethyl adjacent to an activating group) is 1. The standard InChI is InChI=1S/C19H27N3O4/c1-20-5-7-22(8-6-20)18(24)15-10-16(19(25)26)13-21(12-15)11-14-3-2-4-17(23)9-14/h2-4,9,15-16,23H,5-8,10-13H2,1H3,(H,25,26)/t15-,16-/m0/s1. The molecule has 2 atom stereocenters. The van der Waals surface area contributed by atoms with E-state index >= 15 is 0 Å². The maximum Gasteiger partial charge on any atom is 0.307 e. The van der Waals surface area contributed by atoms with E-state index in [9.17, 15) is 19.8 Å². The number of aromatic hydroxyl groups is 1. The monoisotopic (exact) mass is 361 g/mol. The Morgan fingerprint density at radius 1 is 1.12 bits per heavy atom. The molecule has 0 unspecified atom stereocenters. The summed E-state index contributed by atoms with van der Waals surface area (Å²) in [6.07, 6.45) is 0.400. The van der Waals surface area contributed by atoms with Gasteiger partial charge in [0.1, 0.15) is 5.75 Å². The molecule has 0 aliphatic carbocycles. The molecule has 1 amide bonds. The maximum absolute atomic E-state index is 12.9. The number of hydrogen-bond donors (Lipinski definition) is 2. The molecule has 1 aromatic rings. The number of phenolic OH excluding ortho intramolecular Hbond substituents is 1. The van der Waals surface area contributed by atoms with Crippen LogP contribution in [-0.2, 0) is 16.1 Å². The van der Waals surface area contributed by atoms with E-state index < -0.39 is 11.9 Å². The summed E-state index contributed by atoms with van der Waals surface area (Å²) >= 11 is 0. The number of piperidine rings is 1. The van der Waals surface area contributed by atoms with Gasteiger partial charge in [0.2, 0.25) is 5.91 Å². The molecular weight excluding hydrogens is 334 g/mol. The highest BCUT2D eigenvalue weighted by molar-refractivity contribution is 5.80. The number of carboxylic acids is 1. The summed E-state index contributed by atoms with van der Waals surface area (Å²) in [6, 6.07) is 6.97. The van der Waals surface area contributed by atoms with Crippen LogP contribution in [0.5, 0.6) is 5.75 Å². The number of carbonyl (C=O) groups excluding carboxylic acids is 1. The predicted octanol–water partition coefficient (Wildman–Crippen LogP) is 0.689. The van der Waals surface area contributed by atoms with Crippen molar-refractivity contribution in [2.24, 2.45) is 11.8 Å². The van der Waals surface area contributed by atoms with Crippen molar-refractivity contribution in [2.45, 2.75) is 13.0 Å². The molecule has 0 aromatic heterocycles. The van der Waals surface area contributed by atoms with Crippen LogP contribution in [0.25, 0.3) is 0 Å². The van der Waals surface area contributed by atoms with Crippen molar-refractivity contribution in [3.05, 3.63) is 29.8 Å². The zero-order valence-corrected chi connectivity index (χ0v) is 15.2. The van der Waals surface area contributed by atoms with Crippen molar-refractivity contribution >= 4 is 11.9 Å². The van der Waals surface area contributed by atoms with Crippen LogP contribution in [0, 0.1) is 11.8 Å². The molecule has 0 spiro atoms. The van der Waals surface area contributed by atoms with Crippen LogP contribution in [0.15, 0.2) is 24.3 Å². The number of amides is 1. The molecule has 0 bridgehead atoms. The third-order valence-corrected chi connectivity index (χ3v) is 5.36. The van der Waals surface area contributed by atoms with Gasteiger partial charge in [-0.15, -0.1) is 0 Å². The molecule has 2 heterocycles. The van der Waals surface area contributed by atoms with Gasteiger partial charge in [-0.3, -0.25) is 14.5 Å². The van der Waals surface area contributed by atoms with E-state index in [2.05, 4.69) is 4.90 Å². The van der Waals surface area contributed by atoms with Gasteiger partial charge >= 0.3 is 5.97 Å². The summed E-state index contributed by atoms with van der Waals surface area (Å²) in [7, 11) is 2.04. The summed E-state index contributed by atoms with van der Waals surface area (Å²) in [5, 5.41) is 19.1. The van der Waals surface area contributed by atoms with Crippen LogP contribution < -0.4 is 0 Å². The number of phenols is 1. The van der Waals surface area contributed by atoms with Crippen LogP contribution in [0.2, 0.25) is 0 Å². The van der Waals surface area contributed by atoms with E-state index in [0.29, 0.717) is 39.1 Å². The average Bonchev–Trinajstić information content (AvgIpc) is 2.61. The number of carbonyl (C=O) groups is 2. The minimum atomic E-state index is -0.846. The molecule has 3 rings (SSSR count). The molecule has 2 aliphatic rings. The van der Waals surface area contributed by atoms with Crippen LogP contribution >= 0.6 is 0 Å². The van der Waals surface area contributed by atoms with Crippen LogP contribution in [-0.4, -0.2) is 83.1 Å². The van der Waals surface area contributed by atoms with E-state index in [1.54, 1.807) is 18.2 Å². The molecule has 2 fully saturated rings. The Kier molecular flexibility index (Phi) is 5.78. The number of nitrogens with zero attached hydrogens (tertiary/aromatic N) is 3. The fraction of sp³-hybridized carbons (Fsp3) is 0.579. The van der Waals surface area contributed by atoms with E-state index in [4.69, 9.17) is 0 Å². The number of likely N-dealkylation sites (tertiary alicyclic amines) is 1. The van der Waals surface area contributed by atoms with Crippen molar-refractivity contribution in [1.82, 2.24) is 14.7 Å². The Balaban J connectivity index is 1.69. The van der Waals surface area contributed by atoms with Gasteiger partial charge in [0.05, 0.1) is 11.8 Å². The second-order valence-corrected chi connectivity index (χ2v) is 7.46. The lowest BCUT2D eigenvalue weighted by molar-refractivity contribution is -0.148. The smallest absolute Gasteiger partial charge is 0.307 e. The lowest BCUT2D eigenvalue weighted by Gasteiger charge is -2.39. The summed E-state index contributed by atoms with van der Waals surface area (Å²) in [6.45, 7) is 4.64. The summed E-state index contributed by atoms with van der Waals surface area (Å²) in [5.41, 5.74) is 0.918. The third-order valence-electron chi connectivity index (χ3n) is 5.36. The molecule has 142 valence electrons. The van der Waals surface area contributed by atoms with Crippen molar-refractivity contribution in [3.63, 3.8) is 0 Å². The minimum absolute atomic E-state index is 0.0740. The highest BCUT2D eigenvalue weighted by Crippen LogP contribution is 2.26. The molecule has 26 heavy (non-hydrogen) atoms. The first kappa shape index (κ1) is 18.7. The quantitative estimate of drug-likeness (QED) is 0.821. The van der Waals surface area contributed by atoms with Crippen molar-refractivity contribution in [2.75, 3.05) is 46.3 Å². The number of carboxylic acid groups (broad SMARTS) is 1. The largest absolute Gasteiger partial charge is 0.508 e. The lowest BCUT2D eigenvalue weighted by atomic mass is 9.87. The Bertz CT molecular complexity index is 658. The Hall–Kier alpha value is -2.12. The van der Waals surface area contributed by atoms with Crippen LogP contribution in [0.1, 0.15) is 12.0 Å². The Morgan fingerprint density at radius 3 is 2.46 bits per heavy atom. The highest BCUT2D eigenvalue weighted by Gasteiger charge is 2.37. The number of aliphatic carboxylic acids is 1. The molecule has 0 saturated carbocycles. The molecule has 7 heteroatoms. The van der Waals surface area contributed by atoms with Gasteiger partial charge in [0.15, 0.2) is 0 Å². The number of piperazine rings is 1. The normalized spacial score (nSPS) is 25.2. The second kappa shape index (κ2) is 8.05. The minimum Gasteiger partial charge on any atom is -0.508 e. The van der Waals surface area contributed by atoms with E-state index in [1.165, 1.54) is 0 Å². The fourth-order valence-electron chi connectivity index (χ4n) is 3.88. The van der Waals surface area contributed by atoms with Gasteiger partial charge in [-0.1, -0.05) is 12.1 Å². The lowest BCUT2D eigenvalue weighted by Crippen LogP contribution is -2.53. The van der Waals surface area contributed by atoms with Crippen LogP contribution in [0.3, 0.4) is 0 Å². The molecule has 1 aromatic carbocycles. The van der Waals surface area contributed by atoms with Gasteiger partial charge in [-0.25, -0.2) is 0 Å². The first-order valence-electron chi connectivity index (χ1n) is 9.13. The summed E-state index contributed by atoms with van der Waals surface area (Å²) < 4.78 is 0. The zero-order valence-electron chi connectivity index (χ0n) is 15.2. The predicted molar refractivity (Wildman–Crippen MR) is 96.7 cm³/mol. The number of benzene rings is 1. The fourth-order valence-corrected chi connectivity index (χ4v) is 3.88. The van der Waals surface area contributed by atoms with Gasteiger partial charge in [-0.2, -0.15) is 0 Å². The molecule has 0 radical (unpaired) electrons. The van der Waals surface area contributed by atoms with Gasteiger partial charge in [0.25, 0.3) is 0 Å². The van der Waals surface area contributed by atoms with Crippen molar-refractivity contribution < 1.29 is 19.8 Å². The number of hydrogen-bond acceptors (Lipinski definition) is 5. The summed E-state index contributed by atoms with van der Waals surface area (Å²) in [4.78, 5) is 30.6. The molecule has 7 nitrogen and oxygen atoms in total. The third kappa shape index (κ3) is 4.53. The maximum atomic E-state index is 12.9. The highest BCUT2D eigenvalue weighted by atomic mass is 16.4. The van der Waals surface area contributed by atoms with E-state index in [1.807, 2.05) is 22.9 Å². The molecular formula is C19H27N3O4. The van der Waals surface area contributed by atoms with Crippen molar-refractivity contribution in [3.8, 4) is 5.75 Å². The average molecular weight is 361 g/mol. The van der Waals surface area contributed by atoms with Crippen LogP contribution in [0.4, 0.5) is 0 Å². The SMILES string of the molecule is CN1CCN(C(=O)[C@H]2C[C@H](C(=O)O)CN(Cc3cccc(O)c3)C2)CC1. The van der Waals surface area contributed by atoms with Gasteiger partial charge in [-0.05, 0) is 31.2 Å².